The molecule has 0 saturated heterocycles. The van der Waals surface area contributed by atoms with E-state index in [9.17, 15) is 22.8 Å². The number of fused-ring (bicyclic) bond motifs is 1. The number of rotatable bonds is 6. The van der Waals surface area contributed by atoms with Crippen LogP contribution in [0.5, 0.6) is 0 Å². The van der Waals surface area contributed by atoms with Gasteiger partial charge >= 0.3 is 18.2 Å². The summed E-state index contributed by atoms with van der Waals surface area (Å²) in [4.78, 5) is 29.7. The highest BCUT2D eigenvalue weighted by atomic mass is 19.4. The average Bonchev–Trinajstić information content (AvgIpc) is 3.17. The Hall–Kier alpha value is -4.61. The number of anilines is 3. The van der Waals surface area contributed by atoms with Crippen molar-refractivity contribution in [3.05, 3.63) is 65.9 Å². The summed E-state index contributed by atoms with van der Waals surface area (Å²) in [6, 6.07) is 12.2. The van der Waals surface area contributed by atoms with E-state index in [4.69, 9.17) is 10.5 Å². The van der Waals surface area contributed by atoms with Crippen LogP contribution < -0.4 is 16.4 Å². The zero-order valence-corrected chi connectivity index (χ0v) is 21.7. The molecule has 0 fully saturated rings. The van der Waals surface area contributed by atoms with Gasteiger partial charge in [-0.05, 0) is 68.3 Å². The summed E-state index contributed by atoms with van der Waals surface area (Å²) in [6.45, 7) is 5.40. The summed E-state index contributed by atoms with van der Waals surface area (Å²) >= 11 is 0. The topological polar surface area (TPSA) is 124 Å². The summed E-state index contributed by atoms with van der Waals surface area (Å²) in [7, 11) is 1.70. The van der Waals surface area contributed by atoms with Crippen molar-refractivity contribution in [1.29, 1.82) is 0 Å². The van der Waals surface area contributed by atoms with Crippen LogP contribution >= 0.6 is 0 Å². The van der Waals surface area contributed by atoms with Gasteiger partial charge in [-0.15, -0.1) is 0 Å². The minimum atomic E-state index is -4.52. The number of pyridine rings is 1. The van der Waals surface area contributed by atoms with Gasteiger partial charge in [0.2, 0.25) is 0 Å². The maximum atomic E-state index is 12.9. The minimum absolute atomic E-state index is 0.00178. The molecule has 0 aliphatic rings. The molecule has 0 atom stereocenters. The second kappa shape index (κ2) is 10.3. The first-order valence-corrected chi connectivity index (χ1v) is 12.0. The Morgan fingerprint density at radius 2 is 1.69 bits per heavy atom. The number of aromatic nitrogens is 3. The summed E-state index contributed by atoms with van der Waals surface area (Å²) in [6.07, 6.45) is -4.52. The molecule has 0 radical (unpaired) electrons. The number of halogens is 3. The van der Waals surface area contributed by atoms with E-state index < -0.39 is 29.2 Å². The number of esters is 1. The van der Waals surface area contributed by atoms with Gasteiger partial charge in [-0.2, -0.15) is 18.3 Å². The fraction of sp³-hybridized carbons (Fsp3) is 0.259. The van der Waals surface area contributed by atoms with E-state index in [1.54, 1.807) is 58.2 Å². The highest BCUT2D eigenvalue weighted by Gasteiger charge is 2.34. The Balaban J connectivity index is 1.62. The fourth-order valence-corrected chi connectivity index (χ4v) is 4.04. The largest absolute Gasteiger partial charge is 0.465 e. The lowest BCUT2D eigenvalue weighted by atomic mass is 9.87. The van der Waals surface area contributed by atoms with E-state index in [0.29, 0.717) is 33.5 Å². The van der Waals surface area contributed by atoms with Gasteiger partial charge in [0, 0.05) is 18.4 Å². The number of benzene rings is 2. The Morgan fingerprint density at radius 3 is 2.33 bits per heavy atom. The molecular weight excluding hydrogens is 513 g/mol. The van der Waals surface area contributed by atoms with Crippen molar-refractivity contribution in [2.24, 2.45) is 7.05 Å². The minimum Gasteiger partial charge on any atom is -0.465 e. The molecular formula is C27H27F3N6O3. The van der Waals surface area contributed by atoms with Gasteiger partial charge in [0.05, 0.1) is 23.3 Å². The van der Waals surface area contributed by atoms with E-state index in [-0.39, 0.29) is 18.1 Å². The van der Waals surface area contributed by atoms with Crippen molar-refractivity contribution in [2.75, 3.05) is 23.0 Å². The molecule has 2 aromatic carbocycles. The van der Waals surface area contributed by atoms with Crippen LogP contribution in [0, 0.1) is 0 Å². The summed E-state index contributed by atoms with van der Waals surface area (Å²) in [5.74, 6) is -0.164. The van der Waals surface area contributed by atoms with E-state index in [2.05, 4.69) is 20.7 Å². The lowest BCUT2D eigenvalue weighted by molar-refractivity contribution is -0.149. The number of ether oxygens (including phenoxy) is 1. The molecule has 0 aliphatic heterocycles. The molecule has 0 bridgehead atoms. The first kappa shape index (κ1) is 27.4. The molecule has 2 amide bonds. The van der Waals surface area contributed by atoms with Crippen molar-refractivity contribution in [3.8, 4) is 11.1 Å². The lowest BCUT2D eigenvalue weighted by Crippen LogP contribution is -2.32. The molecule has 0 aliphatic carbocycles. The zero-order valence-electron chi connectivity index (χ0n) is 21.7. The normalized spacial score (nSPS) is 11.9. The maximum Gasteiger partial charge on any atom is 0.416 e. The van der Waals surface area contributed by atoms with Crippen LogP contribution in [0.4, 0.5) is 35.2 Å². The standard InChI is InChI=1S/C27H27F3N6O3/c1-5-39-24(37)26(2,3)20-14-19(21-22(31)35-36(4)23(21)34-20)15-9-11-17(12-10-15)32-25(38)33-18-8-6-7-16(13-18)27(28,29)30/h6-14H,5H2,1-4H3,(H2,31,35)(H2,32,33,38). The van der Waals surface area contributed by atoms with E-state index in [1.807, 2.05) is 0 Å². The first-order valence-electron chi connectivity index (χ1n) is 12.0. The first-order chi connectivity index (χ1) is 18.3. The molecule has 4 aromatic rings. The molecule has 0 unspecified atom stereocenters. The molecule has 0 saturated carbocycles. The van der Waals surface area contributed by atoms with E-state index in [1.165, 1.54) is 16.8 Å². The highest BCUT2D eigenvalue weighted by Crippen LogP contribution is 2.36. The number of alkyl halides is 3. The summed E-state index contributed by atoms with van der Waals surface area (Å²) in [5.41, 5.74) is 7.02. The SMILES string of the molecule is CCOC(=O)C(C)(C)c1cc(-c2ccc(NC(=O)Nc3cccc(C(F)(F)F)c3)cc2)c2c(N)nn(C)c2n1. The third-order valence-electron chi connectivity index (χ3n) is 6.15. The van der Waals surface area contributed by atoms with Crippen molar-refractivity contribution in [2.45, 2.75) is 32.4 Å². The molecule has 4 N–H and O–H groups in total. The molecule has 2 aromatic heterocycles. The van der Waals surface area contributed by atoms with E-state index in [0.717, 1.165) is 12.1 Å². The Bertz CT molecular complexity index is 1550. The predicted octanol–water partition coefficient (Wildman–Crippen LogP) is 5.72. The van der Waals surface area contributed by atoms with Crippen LogP contribution in [0.15, 0.2) is 54.6 Å². The number of amides is 2. The zero-order chi connectivity index (χ0) is 28.5. The van der Waals surface area contributed by atoms with Gasteiger partial charge in [0.1, 0.15) is 5.41 Å². The van der Waals surface area contributed by atoms with Gasteiger partial charge in [-0.1, -0.05) is 18.2 Å². The van der Waals surface area contributed by atoms with Gasteiger partial charge in [0.15, 0.2) is 11.5 Å². The van der Waals surface area contributed by atoms with Gasteiger partial charge in [-0.3, -0.25) is 4.79 Å². The van der Waals surface area contributed by atoms with Crippen LogP contribution in [-0.2, 0) is 28.2 Å². The Labute approximate surface area is 222 Å². The summed E-state index contributed by atoms with van der Waals surface area (Å²) < 4.78 is 45.6. The average molecular weight is 541 g/mol. The maximum absolute atomic E-state index is 12.9. The Morgan fingerprint density at radius 1 is 1.03 bits per heavy atom. The number of urea groups is 1. The third-order valence-corrected chi connectivity index (χ3v) is 6.15. The number of carbonyl (C=O) groups excluding carboxylic acids is 2. The van der Waals surface area contributed by atoms with Crippen LogP contribution in [0.2, 0.25) is 0 Å². The monoisotopic (exact) mass is 540 g/mol. The smallest absolute Gasteiger partial charge is 0.416 e. The molecule has 204 valence electrons. The second-order valence-electron chi connectivity index (χ2n) is 9.34. The number of aryl methyl sites for hydroxylation is 1. The Kier molecular flexibility index (Phi) is 7.23. The van der Waals surface area contributed by atoms with Crippen molar-refractivity contribution in [1.82, 2.24) is 14.8 Å². The van der Waals surface area contributed by atoms with Crippen LogP contribution in [0.3, 0.4) is 0 Å². The number of carbonyl (C=O) groups is 2. The van der Waals surface area contributed by atoms with E-state index >= 15 is 0 Å². The number of nitrogens with one attached hydrogen (secondary N) is 2. The molecule has 4 rings (SSSR count). The fourth-order valence-electron chi connectivity index (χ4n) is 4.04. The molecule has 0 spiro atoms. The van der Waals surface area contributed by atoms with Gasteiger partial charge in [0.25, 0.3) is 0 Å². The molecule has 9 nitrogen and oxygen atoms in total. The number of nitrogens with zero attached hydrogens (tertiary/aromatic N) is 3. The number of hydrogen-bond donors (Lipinski definition) is 3. The lowest BCUT2D eigenvalue weighted by Gasteiger charge is -2.23. The molecule has 2 heterocycles. The molecule has 39 heavy (non-hydrogen) atoms. The number of nitrogens with two attached hydrogens (primary N) is 1. The quantitative estimate of drug-likeness (QED) is 0.269. The highest BCUT2D eigenvalue weighted by molar-refractivity contribution is 6.02. The van der Waals surface area contributed by atoms with Crippen LogP contribution in [-0.4, -0.2) is 33.4 Å². The third kappa shape index (κ3) is 5.64. The van der Waals surface area contributed by atoms with Crippen molar-refractivity contribution in [3.63, 3.8) is 0 Å². The second-order valence-corrected chi connectivity index (χ2v) is 9.34. The van der Waals surface area contributed by atoms with Crippen LogP contribution in [0.25, 0.3) is 22.2 Å². The number of hydrogen-bond acceptors (Lipinski definition) is 6. The molecule has 12 heteroatoms. The van der Waals surface area contributed by atoms with Crippen LogP contribution in [0.1, 0.15) is 32.0 Å². The number of nitrogen functional groups attached to an aromatic ring is 1. The summed E-state index contributed by atoms with van der Waals surface area (Å²) in [5, 5.41) is 9.88. The van der Waals surface area contributed by atoms with Gasteiger partial charge in [-0.25, -0.2) is 14.5 Å². The van der Waals surface area contributed by atoms with Crippen molar-refractivity contribution >= 4 is 40.2 Å². The van der Waals surface area contributed by atoms with Crippen molar-refractivity contribution < 1.29 is 27.5 Å². The van der Waals surface area contributed by atoms with Gasteiger partial charge < -0.3 is 21.1 Å². The predicted molar refractivity (Wildman–Crippen MR) is 142 cm³/mol.